The van der Waals surface area contributed by atoms with Gasteiger partial charge in [0.1, 0.15) is 17.1 Å². The van der Waals surface area contributed by atoms with Gasteiger partial charge in [0.05, 0.1) is 17.5 Å². The minimum absolute atomic E-state index is 0.162. The number of imidazole rings is 1. The molecule has 3 aromatic heterocycles. The predicted molar refractivity (Wildman–Crippen MR) is 84.6 cm³/mol. The molecule has 0 bridgehead atoms. The van der Waals surface area contributed by atoms with E-state index in [9.17, 15) is 30.7 Å². The van der Waals surface area contributed by atoms with Crippen molar-refractivity contribution in [3.8, 4) is 17.1 Å². The van der Waals surface area contributed by atoms with Gasteiger partial charge < -0.3 is 9.14 Å². The summed E-state index contributed by atoms with van der Waals surface area (Å²) in [7, 11) is 0. The van der Waals surface area contributed by atoms with Crippen molar-refractivity contribution in [2.45, 2.75) is 25.4 Å². The van der Waals surface area contributed by atoms with Crippen LogP contribution in [0.4, 0.5) is 30.7 Å². The first-order chi connectivity index (χ1) is 13.0. The smallest absolute Gasteiger partial charge is 0.417 e. The zero-order valence-corrected chi connectivity index (χ0v) is 14.1. The Balaban J connectivity index is 1.86. The predicted octanol–water partition coefficient (Wildman–Crippen LogP) is 5.00. The summed E-state index contributed by atoms with van der Waals surface area (Å²) in [5.74, 6) is -4.46. The summed E-state index contributed by atoms with van der Waals surface area (Å²) in [6, 6.07) is 4.69. The van der Waals surface area contributed by atoms with Crippen LogP contribution in [-0.4, -0.2) is 33.3 Å². The number of pyridine rings is 2. The van der Waals surface area contributed by atoms with Crippen LogP contribution in [0.15, 0.2) is 36.7 Å². The van der Waals surface area contributed by atoms with Crippen molar-refractivity contribution in [1.29, 1.82) is 0 Å². The highest BCUT2D eigenvalue weighted by atomic mass is 19.4. The van der Waals surface area contributed by atoms with Gasteiger partial charge in [0, 0.05) is 11.9 Å². The third kappa shape index (κ3) is 3.87. The zero-order chi connectivity index (χ0) is 20.7. The molecule has 0 spiro atoms. The van der Waals surface area contributed by atoms with Gasteiger partial charge in [-0.15, -0.1) is 0 Å². The number of rotatable bonds is 5. The van der Waals surface area contributed by atoms with Crippen LogP contribution in [0.2, 0.25) is 0 Å². The van der Waals surface area contributed by atoms with E-state index in [4.69, 9.17) is 0 Å². The second kappa shape index (κ2) is 6.95. The van der Waals surface area contributed by atoms with Gasteiger partial charge in [0.2, 0.25) is 0 Å². The number of halogens is 7. The van der Waals surface area contributed by atoms with Gasteiger partial charge in [-0.3, -0.25) is 4.98 Å². The summed E-state index contributed by atoms with van der Waals surface area (Å²) in [6.07, 6.45) is -6.42. The number of nitrogens with zero attached hydrogens (tertiary/aromatic N) is 3. The van der Waals surface area contributed by atoms with Crippen molar-refractivity contribution < 1.29 is 35.5 Å². The Morgan fingerprint density at radius 2 is 1.79 bits per heavy atom. The van der Waals surface area contributed by atoms with E-state index in [0.29, 0.717) is 5.69 Å². The molecule has 0 aliphatic rings. The fraction of sp³-hybridized carbons (Fsp3) is 0.294. The Hall–Kier alpha value is -2.85. The quantitative estimate of drug-likeness (QED) is 0.559. The van der Waals surface area contributed by atoms with E-state index in [1.54, 1.807) is 6.92 Å². The summed E-state index contributed by atoms with van der Waals surface area (Å²) in [6.45, 7) is 0.0318. The van der Waals surface area contributed by atoms with Crippen LogP contribution >= 0.6 is 0 Å². The van der Waals surface area contributed by atoms with E-state index in [2.05, 4.69) is 14.7 Å². The van der Waals surface area contributed by atoms with Gasteiger partial charge >= 0.3 is 18.5 Å². The lowest BCUT2D eigenvalue weighted by atomic mass is 10.2. The summed E-state index contributed by atoms with van der Waals surface area (Å²) in [4.78, 5) is 8.18. The first kappa shape index (κ1) is 19.9. The van der Waals surface area contributed by atoms with Gasteiger partial charge in [-0.2, -0.15) is 22.0 Å². The molecule has 3 aromatic rings. The van der Waals surface area contributed by atoms with E-state index < -0.39 is 30.7 Å². The molecular formula is C17H12F7N3O. The number of alkyl halides is 7. The molecule has 0 aliphatic carbocycles. The van der Waals surface area contributed by atoms with Crippen molar-refractivity contribution in [2.75, 3.05) is 6.61 Å². The van der Waals surface area contributed by atoms with Crippen LogP contribution in [0.5, 0.6) is 5.75 Å². The largest absolute Gasteiger partial charge is 0.485 e. The molecule has 0 saturated carbocycles. The molecule has 11 heteroatoms. The number of aromatic nitrogens is 3. The monoisotopic (exact) mass is 407 g/mol. The molecule has 3 rings (SSSR count). The number of hydrogen-bond donors (Lipinski definition) is 0. The molecule has 4 nitrogen and oxygen atoms in total. The van der Waals surface area contributed by atoms with Crippen molar-refractivity contribution in [3.05, 3.63) is 47.9 Å². The molecule has 150 valence electrons. The second-order valence-corrected chi connectivity index (χ2v) is 5.92. The fourth-order valence-electron chi connectivity index (χ4n) is 2.42. The van der Waals surface area contributed by atoms with Crippen LogP contribution in [0, 0.1) is 6.92 Å². The maximum absolute atomic E-state index is 12.9. The molecule has 28 heavy (non-hydrogen) atoms. The Labute approximate surface area is 153 Å². The third-order valence-electron chi connectivity index (χ3n) is 3.91. The minimum Gasteiger partial charge on any atom is -0.485 e. The van der Waals surface area contributed by atoms with Crippen LogP contribution in [0.25, 0.3) is 17.0 Å². The van der Waals surface area contributed by atoms with Gasteiger partial charge in [-0.25, -0.2) is 13.8 Å². The van der Waals surface area contributed by atoms with Gasteiger partial charge in [-0.1, -0.05) is 0 Å². The Kier molecular flexibility index (Phi) is 4.94. The zero-order valence-electron chi connectivity index (χ0n) is 14.1. The normalized spacial score (nSPS) is 12.8. The van der Waals surface area contributed by atoms with Crippen LogP contribution in [0.3, 0.4) is 0 Å². The molecule has 0 atom stereocenters. The standard InChI is InChI=1S/C17H12F7N3O/c1-9-14(26-13-5-2-10(7-27(9)13)17(22,23)24)12-4-3-11(6-25-12)28-8-16(20,21)15(18)19/h2-7,15H,8H2,1H3. The fourth-order valence-corrected chi connectivity index (χ4v) is 2.42. The number of aryl methyl sites for hydroxylation is 1. The number of hydrogen-bond acceptors (Lipinski definition) is 3. The third-order valence-corrected chi connectivity index (χ3v) is 3.91. The summed E-state index contributed by atoms with van der Waals surface area (Å²) in [5, 5.41) is 0. The van der Waals surface area contributed by atoms with Crippen LogP contribution in [-0.2, 0) is 6.18 Å². The molecule has 0 amide bonds. The molecule has 0 fully saturated rings. The van der Waals surface area contributed by atoms with E-state index in [0.717, 1.165) is 18.5 Å². The summed E-state index contributed by atoms with van der Waals surface area (Å²) >= 11 is 0. The SMILES string of the molecule is Cc1c(-c2ccc(OCC(F)(F)C(F)F)cn2)nc2ccc(C(F)(F)F)cn12. The maximum atomic E-state index is 12.9. The molecular weight excluding hydrogens is 395 g/mol. The summed E-state index contributed by atoms with van der Waals surface area (Å²) < 4.78 is 94.5. The first-order valence-corrected chi connectivity index (χ1v) is 7.80. The molecule has 0 unspecified atom stereocenters. The maximum Gasteiger partial charge on any atom is 0.417 e. The summed E-state index contributed by atoms with van der Waals surface area (Å²) in [5.41, 5.74) is 0.334. The highest BCUT2D eigenvalue weighted by molar-refractivity contribution is 5.63. The highest BCUT2D eigenvalue weighted by Gasteiger charge is 2.41. The molecule has 3 heterocycles. The van der Waals surface area contributed by atoms with E-state index in [1.807, 2.05) is 0 Å². The van der Waals surface area contributed by atoms with Crippen molar-refractivity contribution in [2.24, 2.45) is 0 Å². The van der Waals surface area contributed by atoms with E-state index in [-0.39, 0.29) is 22.8 Å². The topological polar surface area (TPSA) is 39.4 Å². The molecule has 0 N–H and O–H groups in total. The van der Waals surface area contributed by atoms with Gasteiger partial charge in [0.15, 0.2) is 6.61 Å². The second-order valence-electron chi connectivity index (χ2n) is 5.92. The molecule has 0 saturated heterocycles. The minimum atomic E-state index is -4.51. The van der Waals surface area contributed by atoms with E-state index in [1.165, 1.54) is 22.6 Å². The van der Waals surface area contributed by atoms with Crippen molar-refractivity contribution in [3.63, 3.8) is 0 Å². The molecule has 0 aromatic carbocycles. The average molecular weight is 407 g/mol. The lowest BCUT2D eigenvalue weighted by Crippen LogP contribution is -2.33. The molecule has 0 aliphatic heterocycles. The number of ether oxygens (including phenoxy) is 1. The number of fused-ring (bicyclic) bond motifs is 1. The highest BCUT2D eigenvalue weighted by Crippen LogP contribution is 2.31. The molecule has 0 radical (unpaired) electrons. The van der Waals surface area contributed by atoms with E-state index >= 15 is 0 Å². The lowest BCUT2D eigenvalue weighted by Gasteiger charge is -2.15. The van der Waals surface area contributed by atoms with Crippen LogP contribution < -0.4 is 4.74 Å². The lowest BCUT2D eigenvalue weighted by molar-refractivity contribution is -0.148. The van der Waals surface area contributed by atoms with Crippen molar-refractivity contribution in [1.82, 2.24) is 14.4 Å². The Bertz CT molecular complexity index is 981. The average Bonchev–Trinajstić information content (AvgIpc) is 2.96. The van der Waals surface area contributed by atoms with Gasteiger partial charge in [0.25, 0.3) is 0 Å². The van der Waals surface area contributed by atoms with Crippen molar-refractivity contribution >= 4 is 5.65 Å². The first-order valence-electron chi connectivity index (χ1n) is 7.80. The van der Waals surface area contributed by atoms with Gasteiger partial charge in [-0.05, 0) is 31.2 Å². The Morgan fingerprint density at radius 3 is 2.36 bits per heavy atom. The Morgan fingerprint density at radius 1 is 1.07 bits per heavy atom. The van der Waals surface area contributed by atoms with Crippen LogP contribution in [0.1, 0.15) is 11.3 Å².